The number of carbonyl (C=O) groups excluding carboxylic acids is 2. The molecule has 8 heteroatoms. The van der Waals surface area contributed by atoms with Crippen molar-refractivity contribution in [2.75, 3.05) is 15.4 Å². The molecule has 0 saturated heterocycles. The van der Waals surface area contributed by atoms with Gasteiger partial charge < -0.3 is 10.6 Å². The smallest absolute Gasteiger partial charge is 0.261 e. The number of benzene rings is 2. The summed E-state index contributed by atoms with van der Waals surface area (Å²) in [6, 6.07) is 11.2. The molecule has 0 atom stereocenters. The van der Waals surface area contributed by atoms with E-state index in [1.165, 1.54) is 6.07 Å². The zero-order valence-electron chi connectivity index (χ0n) is 15.8. The van der Waals surface area contributed by atoms with Crippen molar-refractivity contribution in [2.45, 2.75) is 38.0 Å². The molecule has 2 aromatic carbocycles. The molecule has 0 unspecified atom stereocenters. The van der Waals surface area contributed by atoms with Crippen LogP contribution >= 0.6 is 0 Å². The van der Waals surface area contributed by atoms with Gasteiger partial charge in [0, 0.05) is 29.9 Å². The number of carbonyl (C=O) groups is 2. The maximum atomic E-state index is 12.7. The number of rotatable bonds is 6. The van der Waals surface area contributed by atoms with Crippen molar-refractivity contribution >= 4 is 38.9 Å². The lowest BCUT2D eigenvalue weighted by molar-refractivity contribution is -0.117. The minimum absolute atomic E-state index is 0.0678. The molecule has 28 heavy (non-hydrogen) atoms. The van der Waals surface area contributed by atoms with Crippen molar-refractivity contribution in [2.24, 2.45) is 5.92 Å². The van der Waals surface area contributed by atoms with E-state index in [1.54, 1.807) is 36.4 Å². The van der Waals surface area contributed by atoms with E-state index in [-0.39, 0.29) is 22.6 Å². The molecule has 0 fully saturated rings. The fraction of sp³-hybridized carbons (Fsp3) is 0.300. The SMILES string of the molecule is CC(C)CC(=O)Nc1ccc(NS(=O)(=O)c2ccc3c(c2)CCC(=O)N3)cc1. The highest BCUT2D eigenvalue weighted by molar-refractivity contribution is 7.92. The predicted octanol–water partition coefficient (Wildman–Crippen LogP) is 3.36. The van der Waals surface area contributed by atoms with Crippen molar-refractivity contribution in [3.05, 3.63) is 48.0 Å². The molecule has 2 aromatic rings. The van der Waals surface area contributed by atoms with Crippen molar-refractivity contribution in [3.8, 4) is 0 Å². The van der Waals surface area contributed by atoms with Gasteiger partial charge in [-0.05, 0) is 60.4 Å². The number of sulfonamides is 1. The van der Waals surface area contributed by atoms with Crippen LogP contribution < -0.4 is 15.4 Å². The summed E-state index contributed by atoms with van der Waals surface area (Å²) >= 11 is 0. The van der Waals surface area contributed by atoms with Gasteiger partial charge in [0.25, 0.3) is 10.0 Å². The van der Waals surface area contributed by atoms with Gasteiger partial charge in [0.15, 0.2) is 0 Å². The number of hydrogen-bond donors (Lipinski definition) is 3. The molecule has 0 saturated carbocycles. The molecule has 0 spiro atoms. The fourth-order valence-corrected chi connectivity index (χ4v) is 4.05. The Hall–Kier alpha value is -2.87. The number of amides is 2. The number of nitrogens with one attached hydrogen (secondary N) is 3. The van der Waals surface area contributed by atoms with E-state index in [0.29, 0.717) is 36.3 Å². The molecule has 0 bridgehead atoms. The van der Waals surface area contributed by atoms with E-state index in [9.17, 15) is 18.0 Å². The first kappa shape index (κ1) is 19.9. The second-order valence-corrected chi connectivity index (χ2v) is 8.88. The maximum Gasteiger partial charge on any atom is 0.261 e. The Kier molecular flexibility index (Phi) is 5.69. The van der Waals surface area contributed by atoms with E-state index < -0.39 is 10.0 Å². The van der Waals surface area contributed by atoms with Crippen LogP contribution in [0.15, 0.2) is 47.4 Å². The lowest BCUT2D eigenvalue weighted by Gasteiger charge is -2.18. The van der Waals surface area contributed by atoms with E-state index in [4.69, 9.17) is 0 Å². The third kappa shape index (κ3) is 4.89. The first-order valence-electron chi connectivity index (χ1n) is 9.08. The summed E-state index contributed by atoms with van der Waals surface area (Å²) in [5, 5.41) is 5.52. The molecule has 3 N–H and O–H groups in total. The lowest BCUT2D eigenvalue weighted by atomic mass is 10.0. The molecule has 0 aromatic heterocycles. The second-order valence-electron chi connectivity index (χ2n) is 7.20. The lowest BCUT2D eigenvalue weighted by Crippen LogP contribution is -2.20. The first-order valence-corrected chi connectivity index (χ1v) is 10.6. The summed E-state index contributed by atoms with van der Waals surface area (Å²) in [4.78, 5) is 23.4. The summed E-state index contributed by atoms with van der Waals surface area (Å²) in [5.74, 6) is 0.113. The quantitative estimate of drug-likeness (QED) is 0.690. The molecule has 0 radical (unpaired) electrons. The van der Waals surface area contributed by atoms with Crippen LogP contribution in [0.1, 0.15) is 32.3 Å². The Morgan fingerprint density at radius 1 is 1.07 bits per heavy atom. The summed E-state index contributed by atoms with van der Waals surface area (Å²) < 4.78 is 27.9. The van der Waals surface area contributed by atoms with Gasteiger partial charge in [-0.15, -0.1) is 0 Å². The minimum Gasteiger partial charge on any atom is -0.326 e. The highest BCUT2D eigenvalue weighted by atomic mass is 32.2. The topological polar surface area (TPSA) is 104 Å². The molecule has 1 heterocycles. The zero-order valence-corrected chi connectivity index (χ0v) is 16.6. The van der Waals surface area contributed by atoms with Gasteiger partial charge in [-0.2, -0.15) is 0 Å². The zero-order chi connectivity index (χ0) is 20.3. The maximum absolute atomic E-state index is 12.7. The molecule has 1 aliphatic rings. The van der Waals surface area contributed by atoms with Crippen molar-refractivity contribution < 1.29 is 18.0 Å². The number of aryl methyl sites for hydroxylation is 1. The largest absolute Gasteiger partial charge is 0.326 e. The standard InChI is InChI=1S/C20H23N3O4S/c1-13(2)11-20(25)21-15-4-6-16(7-5-15)23-28(26,27)17-8-9-18-14(12-17)3-10-19(24)22-18/h4-9,12-13,23H,3,10-11H2,1-2H3,(H,21,25)(H,22,24). The number of hydrogen-bond acceptors (Lipinski definition) is 4. The molecule has 0 aliphatic carbocycles. The third-order valence-corrected chi connectivity index (χ3v) is 5.68. The fourth-order valence-electron chi connectivity index (χ4n) is 2.95. The molecule has 1 aliphatic heterocycles. The molecule has 3 rings (SSSR count). The van der Waals surface area contributed by atoms with Gasteiger partial charge in [-0.1, -0.05) is 13.8 Å². The van der Waals surface area contributed by atoms with Crippen molar-refractivity contribution in [3.63, 3.8) is 0 Å². The Balaban J connectivity index is 1.70. The third-order valence-electron chi connectivity index (χ3n) is 4.30. The van der Waals surface area contributed by atoms with Crippen LogP contribution in [0.4, 0.5) is 17.1 Å². The highest BCUT2D eigenvalue weighted by Crippen LogP contribution is 2.26. The van der Waals surface area contributed by atoms with Gasteiger partial charge >= 0.3 is 0 Å². The van der Waals surface area contributed by atoms with Gasteiger partial charge in [0.2, 0.25) is 11.8 Å². The number of fused-ring (bicyclic) bond motifs is 1. The van der Waals surface area contributed by atoms with Gasteiger partial charge in [0.05, 0.1) is 4.90 Å². The molecular weight excluding hydrogens is 378 g/mol. The Labute approximate surface area is 164 Å². The monoisotopic (exact) mass is 401 g/mol. The highest BCUT2D eigenvalue weighted by Gasteiger charge is 2.20. The van der Waals surface area contributed by atoms with Crippen LogP contribution in [0.2, 0.25) is 0 Å². The van der Waals surface area contributed by atoms with Gasteiger partial charge in [-0.25, -0.2) is 8.42 Å². The van der Waals surface area contributed by atoms with Gasteiger partial charge in [-0.3, -0.25) is 14.3 Å². The number of anilines is 3. The molecule has 2 amide bonds. The molecule has 148 valence electrons. The molecule has 7 nitrogen and oxygen atoms in total. The van der Waals surface area contributed by atoms with Crippen LogP contribution in [-0.4, -0.2) is 20.2 Å². The minimum atomic E-state index is -3.76. The van der Waals surface area contributed by atoms with E-state index in [0.717, 1.165) is 5.56 Å². The van der Waals surface area contributed by atoms with Crippen LogP contribution in [-0.2, 0) is 26.0 Å². The van der Waals surface area contributed by atoms with Crippen LogP contribution in [0, 0.1) is 5.92 Å². The summed E-state index contributed by atoms with van der Waals surface area (Å²) in [6.07, 6.45) is 1.27. The average molecular weight is 401 g/mol. The second kappa shape index (κ2) is 8.02. The summed E-state index contributed by atoms with van der Waals surface area (Å²) in [7, 11) is -3.76. The first-order chi connectivity index (χ1) is 13.2. The van der Waals surface area contributed by atoms with Crippen LogP contribution in [0.25, 0.3) is 0 Å². The Morgan fingerprint density at radius 3 is 2.43 bits per heavy atom. The van der Waals surface area contributed by atoms with Gasteiger partial charge in [0.1, 0.15) is 0 Å². The van der Waals surface area contributed by atoms with E-state index in [2.05, 4.69) is 15.4 Å². The van der Waals surface area contributed by atoms with Crippen molar-refractivity contribution in [1.29, 1.82) is 0 Å². The predicted molar refractivity (Wildman–Crippen MR) is 109 cm³/mol. The summed E-state index contributed by atoms with van der Waals surface area (Å²) in [5.41, 5.74) is 2.45. The average Bonchev–Trinajstić information content (AvgIpc) is 2.62. The van der Waals surface area contributed by atoms with E-state index in [1.807, 2.05) is 13.8 Å². The van der Waals surface area contributed by atoms with Crippen LogP contribution in [0.3, 0.4) is 0 Å². The van der Waals surface area contributed by atoms with Crippen LogP contribution in [0.5, 0.6) is 0 Å². The van der Waals surface area contributed by atoms with E-state index >= 15 is 0 Å². The normalized spacial score (nSPS) is 13.6. The Bertz CT molecular complexity index is 999. The molecular formula is C20H23N3O4S. The Morgan fingerprint density at radius 2 is 1.75 bits per heavy atom. The van der Waals surface area contributed by atoms with Crippen molar-refractivity contribution in [1.82, 2.24) is 0 Å². The summed E-state index contributed by atoms with van der Waals surface area (Å²) in [6.45, 7) is 3.93.